The van der Waals surface area contributed by atoms with Crippen LogP contribution in [0.1, 0.15) is 42.9 Å². The van der Waals surface area contributed by atoms with E-state index in [-0.39, 0.29) is 18.0 Å². The molecule has 3 aliphatic heterocycles. The van der Waals surface area contributed by atoms with Gasteiger partial charge in [-0.15, -0.1) is 5.10 Å². The Kier molecular flexibility index (Phi) is 4.83. The highest BCUT2D eigenvalue weighted by atomic mass is 15.6. The SMILES string of the molecule is CC(C)c1nn(-c2ccccc2)cc1C1c2nnnn2CCN1CC1=CNN2C=CC=CC12. The van der Waals surface area contributed by atoms with Crippen molar-refractivity contribution in [2.75, 3.05) is 13.1 Å². The first-order valence-electron chi connectivity index (χ1n) is 11.4. The fraction of sp³-hybridized carbons (Fsp3) is 0.333. The van der Waals surface area contributed by atoms with Crippen molar-refractivity contribution < 1.29 is 0 Å². The highest BCUT2D eigenvalue weighted by molar-refractivity contribution is 5.37. The van der Waals surface area contributed by atoms with Crippen molar-refractivity contribution in [3.63, 3.8) is 0 Å². The van der Waals surface area contributed by atoms with Crippen LogP contribution in [0.15, 0.2) is 72.7 Å². The van der Waals surface area contributed by atoms with Gasteiger partial charge in [-0.1, -0.05) is 44.2 Å². The fourth-order valence-corrected chi connectivity index (χ4v) is 4.90. The van der Waals surface area contributed by atoms with Gasteiger partial charge in [0.25, 0.3) is 0 Å². The molecule has 1 N–H and O–H groups in total. The van der Waals surface area contributed by atoms with E-state index in [0.717, 1.165) is 42.4 Å². The van der Waals surface area contributed by atoms with Gasteiger partial charge in [0.15, 0.2) is 5.82 Å². The van der Waals surface area contributed by atoms with Crippen LogP contribution in [0, 0.1) is 0 Å². The first-order chi connectivity index (χ1) is 16.2. The Morgan fingerprint density at radius 2 is 2.00 bits per heavy atom. The molecule has 0 saturated carbocycles. The molecule has 33 heavy (non-hydrogen) atoms. The van der Waals surface area contributed by atoms with Crippen molar-refractivity contribution in [3.8, 4) is 5.69 Å². The Hall–Kier alpha value is -3.72. The normalized spacial score (nSPS) is 21.8. The largest absolute Gasteiger partial charge is 0.305 e. The zero-order valence-corrected chi connectivity index (χ0v) is 18.8. The molecule has 9 heteroatoms. The lowest BCUT2D eigenvalue weighted by Crippen LogP contribution is -2.42. The molecule has 0 bridgehead atoms. The van der Waals surface area contributed by atoms with Crippen LogP contribution in [0.25, 0.3) is 5.69 Å². The fourth-order valence-electron chi connectivity index (χ4n) is 4.90. The molecule has 3 aliphatic rings. The van der Waals surface area contributed by atoms with Gasteiger partial charge in [-0.2, -0.15) is 5.10 Å². The van der Waals surface area contributed by atoms with E-state index >= 15 is 0 Å². The lowest BCUT2D eigenvalue weighted by atomic mass is 9.96. The molecule has 5 heterocycles. The van der Waals surface area contributed by atoms with Crippen molar-refractivity contribution in [2.24, 2.45) is 0 Å². The van der Waals surface area contributed by atoms with Crippen LogP contribution in [0.3, 0.4) is 0 Å². The molecule has 2 unspecified atom stereocenters. The molecule has 1 aromatic carbocycles. The second kappa shape index (κ2) is 8.00. The summed E-state index contributed by atoms with van der Waals surface area (Å²) in [6, 6.07) is 10.4. The van der Waals surface area contributed by atoms with Gasteiger partial charge in [-0.3, -0.25) is 9.91 Å². The predicted molar refractivity (Wildman–Crippen MR) is 124 cm³/mol. The zero-order chi connectivity index (χ0) is 22.4. The molecule has 0 aliphatic carbocycles. The Balaban J connectivity index is 1.40. The van der Waals surface area contributed by atoms with Gasteiger partial charge in [-0.05, 0) is 40.1 Å². The third-order valence-electron chi connectivity index (χ3n) is 6.52. The smallest absolute Gasteiger partial charge is 0.173 e. The third-order valence-corrected chi connectivity index (χ3v) is 6.52. The van der Waals surface area contributed by atoms with Crippen LogP contribution in [0.5, 0.6) is 0 Å². The maximum absolute atomic E-state index is 5.00. The maximum atomic E-state index is 5.00. The van der Waals surface area contributed by atoms with Crippen molar-refractivity contribution in [1.82, 2.24) is 45.3 Å². The molecule has 0 fully saturated rings. The number of nitrogens with one attached hydrogen (secondary N) is 1. The minimum absolute atomic E-state index is 0.0679. The first kappa shape index (κ1) is 19.9. The number of aromatic nitrogens is 6. The number of fused-ring (bicyclic) bond motifs is 2. The van der Waals surface area contributed by atoms with Gasteiger partial charge in [0.1, 0.15) is 6.04 Å². The molecule has 168 valence electrons. The lowest BCUT2D eigenvalue weighted by Gasteiger charge is -2.36. The average molecular weight is 442 g/mol. The molecule has 0 radical (unpaired) electrons. The second-order valence-corrected chi connectivity index (χ2v) is 8.96. The van der Waals surface area contributed by atoms with E-state index < -0.39 is 0 Å². The van der Waals surface area contributed by atoms with Crippen LogP contribution < -0.4 is 5.43 Å². The summed E-state index contributed by atoms with van der Waals surface area (Å²) in [5, 5.41) is 19.8. The van der Waals surface area contributed by atoms with E-state index in [1.54, 1.807) is 0 Å². The topological polar surface area (TPSA) is 79.9 Å². The summed E-state index contributed by atoms with van der Waals surface area (Å²) in [5.74, 6) is 1.14. The summed E-state index contributed by atoms with van der Waals surface area (Å²) in [5.41, 5.74) is 7.97. The van der Waals surface area contributed by atoms with Crippen LogP contribution in [-0.4, -0.2) is 59.0 Å². The van der Waals surface area contributed by atoms with E-state index in [2.05, 4.69) is 87.6 Å². The molecule has 0 amide bonds. The third kappa shape index (κ3) is 3.45. The molecular weight excluding hydrogens is 414 g/mol. The van der Waals surface area contributed by atoms with Crippen molar-refractivity contribution >= 4 is 0 Å². The summed E-state index contributed by atoms with van der Waals surface area (Å²) in [4.78, 5) is 2.48. The number of hydrazine groups is 1. The van der Waals surface area contributed by atoms with Crippen LogP contribution >= 0.6 is 0 Å². The van der Waals surface area contributed by atoms with Crippen LogP contribution in [-0.2, 0) is 6.54 Å². The van der Waals surface area contributed by atoms with E-state index in [1.807, 2.05) is 33.6 Å². The second-order valence-electron chi connectivity index (χ2n) is 8.96. The summed E-state index contributed by atoms with van der Waals surface area (Å²) in [7, 11) is 0. The Morgan fingerprint density at radius 3 is 2.85 bits per heavy atom. The molecule has 0 saturated heterocycles. The molecule has 2 atom stereocenters. The average Bonchev–Trinajstić information content (AvgIpc) is 3.58. The van der Waals surface area contributed by atoms with E-state index in [4.69, 9.17) is 5.10 Å². The van der Waals surface area contributed by atoms with Crippen LogP contribution in [0.2, 0.25) is 0 Å². The van der Waals surface area contributed by atoms with Gasteiger partial charge in [-0.25, -0.2) is 9.36 Å². The summed E-state index contributed by atoms with van der Waals surface area (Å²) in [6.45, 7) is 6.83. The lowest BCUT2D eigenvalue weighted by molar-refractivity contribution is 0.181. The minimum Gasteiger partial charge on any atom is -0.305 e. The number of hydrogen-bond acceptors (Lipinski definition) is 7. The minimum atomic E-state index is -0.0679. The van der Waals surface area contributed by atoms with E-state index in [1.165, 1.54) is 5.57 Å². The van der Waals surface area contributed by atoms with Crippen molar-refractivity contribution in [2.45, 2.75) is 38.4 Å². The van der Waals surface area contributed by atoms with Crippen molar-refractivity contribution in [1.29, 1.82) is 0 Å². The number of rotatable bonds is 5. The summed E-state index contributed by atoms with van der Waals surface area (Å²) in [6.07, 6.45) is 12.7. The molecule has 2 aromatic heterocycles. The standard InChI is InChI=1S/C24H27N9/c1-17(2)22-20(16-33(27-22)19-8-4-3-5-9-19)23-24-26-28-29-32(24)13-12-30(23)15-18-14-25-31-11-7-6-10-21(18)31/h3-11,14,16-17,21,23,25H,12-13,15H2,1-2H3. The Labute approximate surface area is 192 Å². The number of para-hydroxylation sites is 1. The number of benzene rings is 1. The molecule has 3 aromatic rings. The van der Waals surface area contributed by atoms with Gasteiger partial charge in [0.05, 0.1) is 24.0 Å². The van der Waals surface area contributed by atoms with E-state index in [9.17, 15) is 0 Å². The van der Waals surface area contributed by atoms with Crippen LogP contribution in [0.4, 0.5) is 0 Å². The van der Waals surface area contributed by atoms with Gasteiger partial charge in [0, 0.05) is 37.2 Å². The monoisotopic (exact) mass is 441 g/mol. The Morgan fingerprint density at radius 1 is 1.12 bits per heavy atom. The van der Waals surface area contributed by atoms with E-state index in [0.29, 0.717) is 0 Å². The number of tetrazole rings is 1. The first-order valence-corrected chi connectivity index (χ1v) is 11.4. The molecule has 9 nitrogen and oxygen atoms in total. The quantitative estimate of drug-likeness (QED) is 0.652. The number of hydrogen-bond donors (Lipinski definition) is 1. The zero-order valence-electron chi connectivity index (χ0n) is 18.8. The van der Waals surface area contributed by atoms with Gasteiger partial charge in [0.2, 0.25) is 0 Å². The maximum Gasteiger partial charge on any atom is 0.173 e. The predicted octanol–water partition coefficient (Wildman–Crippen LogP) is 2.54. The summed E-state index contributed by atoms with van der Waals surface area (Å²) >= 11 is 0. The van der Waals surface area contributed by atoms with Crippen molar-refractivity contribution in [3.05, 3.63) is 89.8 Å². The highest BCUT2D eigenvalue weighted by Crippen LogP contribution is 2.36. The highest BCUT2D eigenvalue weighted by Gasteiger charge is 2.37. The summed E-state index contributed by atoms with van der Waals surface area (Å²) < 4.78 is 3.92. The Bertz CT molecular complexity index is 1230. The number of allylic oxidation sites excluding steroid dienone is 2. The number of nitrogens with zero attached hydrogens (tertiary/aromatic N) is 8. The molecular formula is C24H27N9. The van der Waals surface area contributed by atoms with Gasteiger partial charge >= 0.3 is 0 Å². The molecule has 6 rings (SSSR count). The molecule has 0 spiro atoms. The van der Waals surface area contributed by atoms with Gasteiger partial charge < -0.3 is 5.43 Å².